The van der Waals surface area contributed by atoms with Crippen LogP contribution in [0.4, 0.5) is 11.4 Å². The Morgan fingerprint density at radius 2 is 1.59 bits per heavy atom. The van der Waals surface area contributed by atoms with Gasteiger partial charge in [-0.1, -0.05) is 48.9 Å². The molecule has 1 amide bonds. The number of nitrogens with one attached hydrogen (secondary N) is 1. The smallest absolute Gasteiger partial charge is 0.264 e. The highest BCUT2D eigenvalue weighted by Gasteiger charge is 2.29. The summed E-state index contributed by atoms with van der Waals surface area (Å²) >= 11 is 0. The van der Waals surface area contributed by atoms with Crippen LogP contribution >= 0.6 is 0 Å². The van der Waals surface area contributed by atoms with Crippen LogP contribution < -0.4 is 14.4 Å². The average molecular weight is 453 g/mol. The van der Waals surface area contributed by atoms with Crippen LogP contribution in [-0.4, -0.2) is 27.5 Å². The molecule has 3 aromatic carbocycles. The molecule has 0 radical (unpaired) electrons. The molecule has 0 aliphatic heterocycles. The van der Waals surface area contributed by atoms with E-state index in [4.69, 9.17) is 4.74 Å². The molecule has 3 rings (SSSR count). The quantitative estimate of drug-likeness (QED) is 0.506. The average Bonchev–Trinajstić information content (AvgIpc) is 2.79. The fourth-order valence-electron chi connectivity index (χ4n) is 3.23. The molecule has 0 unspecified atom stereocenters. The largest absolute Gasteiger partial charge is 0.492 e. The second-order valence-electron chi connectivity index (χ2n) is 7.32. The lowest BCUT2D eigenvalue weighted by molar-refractivity contribution is -0.114. The van der Waals surface area contributed by atoms with Crippen molar-refractivity contribution < 1.29 is 17.9 Å². The highest BCUT2D eigenvalue weighted by Crippen LogP contribution is 2.32. The van der Waals surface area contributed by atoms with Gasteiger partial charge >= 0.3 is 0 Å². The van der Waals surface area contributed by atoms with Gasteiger partial charge in [0.05, 0.1) is 17.2 Å². The van der Waals surface area contributed by atoms with E-state index in [1.54, 1.807) is 48.5 Å². The number of hydrogen-bond acceptors (Lipinski definition) is 4. The molecule has 0 aliphatic carbocycles. The predicted octanol–water partition coefficient (Wildman–Crippen LogP) is 4.79. The van der Waals surface area contributed by atoms with Crippen molar-refractivity contribution in [1.82, 2.24) is 0 Å². The Bertz CT molecular complexity index is 1160. The van der Waals surface area contributed by atoms with E-state index >= 15 is 0 Å². The highest BCUT2D eigenvalue weighted by atomic mass is 32.2. The topological polar surface area (TPSA) is 75.7 Å². The van der Waals surface area contributed by atoms with Crippen LogP contribution in [0.15, 0.2) is 77.7 Å². The molecule has 0 saturated carbocycles. The standard InChI is InChI=1S/C25H28N2O4S/c1-4-20-12-14-21(15-13-20)26-25(28)18-27(23-8-6-7-9-24(23)31-5-2)32(29,30)22-16-10-19(3)11-17-22/h6-17H,4-5,18H2,1-3H3,(H,26,28). The van der Waals surface area contributed by atoms with Gasteiger partial charge in [0.2, 0.25) is 5.91 Å². The molecule has 3 aromatic rings. The molecule has 0 aliphatic rings. The lowest BCUT2D eigenvalue weighted by Crippen LogP contribution is -2.38. The van der Waals surface area contributed by atoms with Crippen molar-refractivity contribution in [2.75, 3.05) is 22.8 Å². The van der Waals surface area contributed by atoms with E-state index in [1.165, 1.54) is 0 Å². The van der Waals surface area contributed by atoms with Crippen molar-refractivity contribution in [3.05, 3.63) is 83.9 Å². The molecule has 7 heteroatoms. The number of nitrogens with zero attached hydrogens (tertiary/aromatic N) is 1. The number of hydrogen-bond donors (Lipinski definition) is 1. The van der Waals surface area contributed by atoms with Gasteiger partial charge < -0.3 is 10.1 Å². The molecule has 0 bridgehead atoms. The van der Waals surface area contributed by atoms with Crippen LogP contribution in [0, 0.1) is 6.92 Å². The van der Waals surface area contributed by atoms with Crippen LogP contribution in [0.5, 0.6) is 5.75 Å². The van der Waals surface area contributed by atoms with E-state index in [2.05, 4.69) is 12.2 Å². The molecule has 0 heterocycles. The van der Waals surface area contributed by atoms with Gasteiger partial charge in [-0.15, -0.1) is 0 Å². The molecule has 32 heavy (non-hydrogen) atoms. The number of amides is 1. The second kappa shape index (κ2) is 10.3. The van der Waals surface area contributed by atoms with E-state index in [1.807, 2.05) is 38.1 Å². The van der Waals surface area contributed by atoms with E-state index in [9.17, 15) is 13.2 Å². The van der Waals surface area contributed by atoms with Gasteiger partial charge in [0.25, 0.3) is 10.0 Å². The number of anilines is 2. The molecule has 1 N–H and O–H groups in total. The van der Waals surface area contributed by atoms with Crippen molar-refractivity contribution in [1.29, 1.82) is 0 Å². The molecule has 0 fully saturated rings. The minimum Gasteiger partial charge on any atom is -0.492 e. The monoisotopic (exact) mass is 452 g/mol. The lowest BCUT2D eigenvalue weighted by atomic mass is 10.1. The van der Waals surface area contributed by atoms with Crippen molar-refractivity contribution in [2.45, 2.75) is 32.1 Å². The van der Waals surface area contributed by atoms with E-state index < -0.39 is 22.5 Å². The molecular formula is C25H28N2O4S. The molecule has 0 spiro atoms. The summed E-state index contributed by atoms with van der Waals surface area (Å²) in [6.07, 6.45) is 0.894. The normalized spacial score (nSPS) is 11.1. The first-order valence-corrected chi connectivity index (χ1v) is 12.0. The minimum atomic E-state index is -4.02. The third kappa shape index (κ3) is 5.48. The molecule has 168 valence electrons. The van der Waals surface area contributed by atoms with E-state index in [0.717, 1.165) is 21.9 Å². The number of carbonyl (C=O) groups excluding carboxylic acids is 1. The fourth-order valence-corrected chi connectivity index (χ4v) is 4.66. The number of para-hydroxylation sites is 2. The Balaban J connectivity index is 1.96. The molecule has 0 atom stereocenters. The summed E-state index contributed by atoms with van der Waals surface area (Å²) in [6, 6.07) is 20.8. The second-order valence-corrected chi connectivity index (χ2v) is 9.19. The first-order chi connectivity index (χ1) is 15.3. The van der Waals surface area contributed by atoms with Crippen molar-refractivity contribution >= 4 is 27.3 Å². The zero-order valence-electron chi connectivity index (χ0n) is 18.5. The summed E-state index contributed by atoms with van der Waals surface area (Å²) in [5.41, 5.74) is 3.01. The van der Waals surface area contributed by atoms with E-state index in [-0.39, 0.29) is 4.90 Å². The maximum absolute atomic E-state index is 13.6. The Hall–Kier alpha value is -3.32. The first-order valence-electron chi connectivity index (χ1n) is 10.5. The summed E-state index contributed by atoms with van der Waals surface area (Å²) in [6.45, 7) is 5.73. The molecule has 0 aromatic heterocycles. The number of ether oxygens (including phenoxy) is 1. The maximum atomic E-state index is 13.6. The summed E-state index contributed by atoms with van der Waals surface area (Å²) in [5, 5.41) is 2.79. The van der Waals surface area contributed by atoms with Gasteiger partial charge in [0.1, 0.15) is 12.3 Å². The van der Waals surface area contributed by atoms with Crippen LogP contribution in [0.3, 0.4) is 0 Å². The van der Waals surface area contributed by atoms with Crippen molar-refractivity contribution in [3.8, 4) is 5.75 Å². The SMILES string of the molecule is CCOc1ccccc1N(CC(=O)Nc1ccc(CC)cc1)S(=O)(=O)c1ccc(C)cc1. The Kier molecular flexibility index (Phi) is 7.53. The van der Waals surface area contributed by atoms with Crippen LogP contribution in [-0.2, 0) is 21.2 Å². The fraction of sp³-hybridized carbons (Fsp3) is 0.240. The Morgan fingerprint density at radius 1 is 0.938 bits per heavy atom. The van der Waals surface area contributed by atoms with Gasteiger partial charge in [0, 0.05) is 5.69 Å². The first kappa shape index (κ1) is 23.3. The van der Waals surface area contributed by atoms with Crippen molar-refractivity contribution in [3.63, 3.8) is 0 Å². The Morgan fingerprint density at radius 3 is 2.22 bits per heavy atom. The van der Waals surface area contributed by atoms with Gasteiger partial charge in [-0.2, -0.15) is 0 Å². The number of carbonyl (C=O) groups is 1. The van der Waals surface area contributed by atoms with Crippen molar-refractivity contribution in [2.24, 2.45) is 0 Å². The summed E-state index contributed by atoms with van der Waals surface area (Å²) in [5.74, 6) is -0.0537. The van der Waals surface area contributed by atoms with Crippen LogP contribution in [0.1, 0.15) is 25.0 Å². The highest BCUT2D eigenvalue weighted by molar-refractivity contribution is 7.92. The molecule has 6 nitrogen and oxygen atoms in total. The minimum absolute atomic E-state index is 0.106. The summed E-state index contributed by atoms with van der Waals surface area (Å²) in [7, 11) is -4.02. The summed E-state index contributed by atoms with van der Waals surface area (Å²) < 4.78 is 33.9. The predicted molar refractivity (Wildman–Crippen MR) is 128 cm³/mol. The van der Waals surface area contributed by atoms with Gasteiger partial charge in [-0.3, -0.25) is 9.10 Å². The van der Waals surface area contributed by atoms with E-state index in [0.29, 0.717) is 23.7 Å². The van der Waals surface area contributed by atoms with Crippen LogP contribution in [0.25, 0.3) is 0 Å². The lowest BCUT2D eigenvalue weighted by Gasteiger charge is -2.26. The Labute approximate surface area is 189 Å². The van der Waals surface area contributed by atoms with Gasteiger partial charge in [0.15, 0.2) is 0 Å². The maximum Gasteiger partial charge on any atom is 0.264 e. The third-order valence-corrected chi connectivity index (χ3v) is 6.75. The zero-order valence-corrected chi connectivity index (χ0v) is 19.4. The molecule has 0 saturated heterocycles. The number of benzene rings is 3. The number of rotatable bonds is 9. The number of aryl methyl sites for hydroxylation is 2. The summed E-state index contributed by atoms with van der Waals surface area (Å²) in [4.78, 5) is 13.0. The number of sulfonamides is 1. The van der Waals surface area contributed by atoms with Gasteiger partial charge in [-0.25, -0.2) is 8.42 Å². The van der Waals surface area contributed by atoms with Gasteiger partial charge in [-0.05, 0) is 62.2 Å². The zero-order chi connectivity index (χ0) is 23.1. The van der Waals surface area contributed by atoms with Crippen LogP contribution in [0.2, 0.25) is 0 Å². The third-order valence-electron chi connectivity index (χ3n) is 4.98. The molecular weight excluding hydrogens is 424 g/mol.